The molecule has 2 nitrogen and oxygen atoms in total. The van der Waals surface area contributed by atoms with Crippen LogP contribution in [0.2, 0.25) is 0 Å². The number of thiophene rings is 1. The van der Waals surface area contributed by atoms with E-state index in [2.05, 4.69) is 42.4 Å². The van der Waals surface area contributed by atoms with Crippen molar-refractivity contribution in [2.45, 2.75) is 33.7 Å². The summed E-state index contributed by atoms with van der Waals surface area (Å²) in [5, 5.41) is 5.76. The molecule has 1 aliphatic heterocycles. The summed E-state index contributed by atoms with van der Waals surface area (Å²) in [5.74, 6) is 1.74. The Morgan fingerprint density at radius 2 is 2.06 bits per heavy atom. The van der Waals surface area contributed by atoms with Crippen LogP contribution in [0.25, 0.3) is 0 Å². The van der Waals surface area contributed by atoms with E-state index in [0.29, 0.717) is 0 Å². The highest BCUT2D eigenvalue weighted by Gasteiger charge is 2.20. The average molecular weight is 266 g/mol. The molecule has 1 aliphatic rings. The molecule has 2 rings (SSSR count). The van der Waals surface area contributed by atoms with Crippen molar-refractivity contribution in [3.05, 3.63) is 21.9 Å². The maximum atomic E-state index is 3.57. The molecule has 0 spiro atoms. The van der Waals surface area contributed by atoms with Gasteiger partial charge >= 0.3 is 0 Å². The fraction of sp³-hybridized carbons (Fsp3) is 0.733. The van der Waals surface area contributed by atoms with Gasteiger partial charge in [0.15, 0.2) is 0 Å². The van der Waals surface area contributed by atoms with Crippen LogP contribution in [0.5, 0.6) is 0 Å². The Morgan fingerprint density at radius 3 is 2.67 bits per heavy atom. The van der Waals surface area contributed by atoms with Gasteiger partial charge in [-0.05, 0) is 42.2 Å². The first kappa shape index (κ1) is 14.0. The first-order valence-electron chi connectivity index (χ1n) is 7.11. The van der Waals surface area contributed by atoms with Gasteiger partial charge in [0, 0.05) is 37.6 Å². The Labute approximate surface area is 115 Å². The largest absolute Gasteiger partial charge is 0.311 e. The molecule has 0 amide bonds. The van der Waals surface area contributed by atoms with Crippen molar-refractivity contribution in [2.24, 2.45) is 11.8 Å². The molecule has 1 aromatic heterocycles. The molecule has 0 radical (unpaired) electrons. The zero-order valence-electron chi connectivity index (χ0n) is 11.9. The summed E-state index contributed by atoms with van der Waals surface area (Å²) in [6.45, 7) is 12.9. The van der Waals surface area contributed by atoms with Gasteiger partial charge in [0.25, 0.3) is 0 Å². The molecule has 2 heterocycles. The molecule has 0 saturated carbocycles. The number of likely N-dealkylation sites (tertiary alicyclic amines) is 1. The van der Waals surface area contributed by atoms with Crippen LogP contribution in [-0.4, -0.2) is 31.1 Å². The normalized spacial score (nSPS) is 25.5. The summed E-state index contributed by atoms with van der Waals surface area (Å²) in [4.78, 5) is 4.10. The van der Waals surface area contributed by atoms with E-state index in [1.165, 1.54) is 36.5 Å². The van der Waals surface area contributed by atoms with Crippen LogP contribution in [0.15, 0.2) is 11.4 Å². The second-order valence-corrected chi connectivity index (χ2v) is 6.91. The highest BCUT2D eigenvalue weighted by molar-refractivity contribution is 7.10. The molecule has 1 saturated heterocycles. The predicted octanol–water partition coefficient (Wildman–Crippen LogP) is 3.12. The summed E-state index contributed by atoms with van der Waals surface area (Å²) >= 11 is 1.86. The summed E-state index contributed by atoms with van der Waals surface area (Å²) in [6, 6.07) is 2.20. The quantitative estimate of drug-likeness (QED) is 0.824. The molecule has 1 aromatic rings. The molecule has 2 atom stereocenters. The number of nitrogens with zero attached hydrogens (tertiary/aromatic N) is 1. The molecule has 102 valence electrons. The standard InChI is InChI=1S/C15H26N2S/c1-12-8-13(2)11-17(10-12)6-5-16-9-15-14(3)4-7-18-15/h4,7,12-13,16H,5-6,8-11H2,1-3H3. The van der Waals surface area contributed by atoms with Gasteiger partial charge in [0.05, 0.1) is 0 Å². The van der Waals surface area contributed by atoms with Crippen molar-refractivity contribution in [1.29, 1.82) is 0 Å². The lowest BCUT2D eigenvalue weighted by Crippen LogP contribution is -2.41. The Hall–Kier alpha value is -0.380. The van der Waals surface area contributed by atoms with Crippen LogP contribution in [0.4, 0.5) is 0 Å². The summed E-state index contributed by atoms with van der Waals surface area (Å²) in [7, 11) is 0. The smallest absolute Gasteiger partial charge is 0.0302 e. The van der Waals surface area contributed by atoms with Gasteiger partial charge in [0.1, 0.15) is 0 Å². The van der Waals surface area contributed by atoms with Crippen LogP contribution in [0.3, 0.4) is 0 Å². The topological polar surface area (TPSA) is 15.3 Å². The van der Waals surface area contributed by atoms with Gasteiger partial charge in [0.2, 0.25) is 0 Å². The molecule has 0 bridgehead atoms. The van der Waals surface area contributed by atoms with E-state index in [4.69, 9.17) is 0 Å². The van der Waals surface area contributed by atoms with Crippen LogP contribution in [0.1, 0.15) is 30.7 Å². The van der Waals surface area contributed by atoms with Crippen molar-refractivity contribution in [3.63, 3.8) is 0 Å². The minimum absolute atomic E-state index is 0.869. The van der Waals surface area contributed by atoms with Crippen molar-refractivity contribution >= 4 is 11.3 Å². The van der Waals surface area contributed by atoms with Gasteiger partial charge in [-0.2, -0.15) is 0 Å². The van der Waals surface area contributed by atoms with Crippen molar-refractivity contribution < 1.29 is 0 Å². The summed E-state index contributed by atoms with van der Waals surface area (Å²) < 4.78 is 0. The van der Waals surface area contributed by atoms with Crippen LogP contribution in [0, 0.1) is 18.8 Å². The third-order valence-electron chi connectivity index (χ3n) is 3.80. The van der Waals surface area contributed by atoms with Crippen LogP contribution in [-0.2, 0) is 6.54 Å². The van der Waals surface area contributed by atoms with Gasteiger partial charge in [-0.3, -0.25) is 0 Å². The maximum absolute atomic E-state index is 3.57. The molecule has 0 aromatic carbocycles. The van der Waals surface area contributed by atoms with Gasteiger partial charge in [-0.1, -0.05) is 13.8 Å². The lowest BCUT2D eigenvalue weighted by molar-refractivity contribution is 0.142. The molecule has 18 heavy (non-hydrogen) atoms. The Balaban J connectivity index is 1.65. The SMILES string of the molecule is Cc1ccsc1CNCCN1CC(C)CC(C)C1. The van der Waals surface area contributed by atoms with Gasteiger partial charge < -0.3 is 10.2 Å². The lowest BCUT2D eigenvalue weighted by atomic mass is 9.92. The van der Waals surface area contributed by atoms with E-state index in [0.717, 1.165) is 24.9 Å². The van der Waals surface area contributed by atoms with Crippen molar-refractivity contribution in [2.75, 3.05) is 26.2 Å². The fourth-order valence-corrected chi connectivity index (χ4v) is 3.87. The highest BCUT2D eigenvalue weighted by Crippen LogP contribution is 2.20. The third kappa shape index (κ3) is 4.08. The molecule has 0 aliphatic carbocycles. The zero-order chi connectivity index (χ0) is 13.0. The minimum atomic E-state index is 0.869. The Morgan fingerprint density at radius 1 is 1.33 bits per heavy atom. The predicted molar refractivity (Wildman–Crippen MR) is 80.1 cm³/mol. The number of rotatable bonds is 5. The number of nitrogens with one attached hydrogen (secondary N) is 1. The molecule has 1 fully saturated rings. The van der Waals surface area contributed by atoms with Crippen molar-refractivity contribution in [1.82, 2.24) is 10.2 Å². The van der Waals surface area contributed by atoms with Crippen molar-refractivity contribution in [3.8, 4) is 0 Å². The average Bonchev–Trinajstić information content (AvgIpc) is 2.69. The maximum Gasteiger partial charge on any atom is 0.0302 e. The Bertz CT molecular complexity index is 351. The van der Waals surface area contributed by atoms with E-state index in [1.54, 1.807) is 0 Å². The monoisotopic (exact) mass is 266 g/mol. The second-order valence-electron chi connectivity index (χ2n) is 5.91. The first-order valence-corrected chi connectivity index (χ1v) is 7.99. The van der Waals surface area contributed by atoms with Crippen LogP contribution < -0.4 is 5.32 Å². The van der Waals surface area contributed by atoms with E-state index < -0.39 is 0 Å². The molecule has 2 unspecified atom stereocenters. The molecule has 1 N–H and O–H groups in total. The van der Waals surface area contributed by atoms with Crippen LogP contribution >= 0.6 is 11.3 Å². The number of hydrogen-bond donors (Lipinski definition) is 1. The highest BCUT2D eigenvalue weighted by atomic mass is 32.1. The Kier molecular flexibility index (Phi) is 5.22. The molecular formula is C15H26N2S. The fourth-order valence-electron chi connectivity index (χ4n) is 3.00. The summed E-state index contributed by atoms with van der Waals surface area (Å²) in [5.41, 5.74) is 1.42. The number of piperidine rings is 1. The van der Waals surface area contributed by atoms with Gasteiger partial charge in [-0.25, -0.2) is 0 Å². The van der Waals surface area contributed by atoms with E-state index in [1.807, 2.05) is 11.3 Å². The minimum Gasteiger partial charge on any atom is -0.311 e. The molecule has 3 heteroatoms. The number of hydrogen-bond acceptors (Lipinski definition) is 3. The van der Waals surface area contributed by atoms with E-state index >= 15 is 0 Å². The third-order valence-corrected chi connectivity index (χ3v) is 4.83. The summed E-state index contributed by atoms with van der Waals surface area (Å²) in [6.07, 6.45) is 1.40. The lowest BCUT2D eigenvalue weighted by Gasteiger charge is -2.34. The zero-order valence-corrected chi connectivity index (χ0v) is 12.7. The molecular weight excluding hydrogens is 240 g/mol. The van der Waals surface area contributed by atoms with Gasteiger partial charge in [-0.15, -0.1) is 11.3 Å². The van der Waals surface area contributed by atoms with E-state index in [-0.39, 0.29) is 0 Å². The number of aryl methyl sites for hydroxylation is 1. The second kappa shape index (κ2) is 6.69. The first-order chi connectivity index (χ1) is 8.65. The van der Waals surface area contributed by atoms with E-state index in [9.17, 15) is 0 Å².